The molecule has 1 aliphatic heterocycles. The fourth-order valence-corrected chi connectivity index (χ4v) is 7.88. The van der Waals surface area contributed by atoms with Crippen molar-refractivity contribution < 1.29 is 18.7 Å². The first-order valence-electron chi connectivity index (χ1n) is 18.6. The molecule has 52 heavy (non-hydrogen) atoms. The smallest absolute Gasteiger partial charge is 0.258 e. The van der Waals surface area contributed by atoms with Crippen LogP contribution in [0.3, 0.4) is 0 Å². The first-order valence-corrected chi connectivity index (χ1v) is 18.6. The van der Waals surface area contributed by atoms with E-state index in [4.69, 9.17) is 9.47 Å². The second-order valence-electron chi connectivity index (χ2n) is 13.9. The van der Waals surface area contributed by atoms with Crippen LogP contribution in [0.2, 0.25) is 0 Å². The largest absolute Gasteiger partial charge is 0.492 e. The van der Waals surface area contributed by atoms with Gasteiger partial charge in [0.15, 0.2) is 0 Å². The Kier molecular flexibility index (Phi) is 11.7. The molecule has 2 atom stereocenters. The van der Waals surface area contributed by atoms with Gasteiger partial charge in [-0.15, -0.1) is 0 Å². The Morgan fingerprint density at radius 1 is 0.788 bits per heavy atom. The summed E-state index contributed by atoms with van der Waals surface area (Å²) in [7, 11) is 0. The van der Waals surface area contributed by atoms with E-state index in [0.717, 1.165) is 70.0 Å². The number of nitrogens with zero attached hydrogens (tertiary/aromatic N) is 2. The van der Waals surface area contributed by atoms with Gasteiger partial charge in [-0.2, -0.15) is 0 Å². The molecule has 2 aliphatic rings. The minimum Gasteiger partial charge on any atom is -0.492 e. The van der Waals surface area contributed by atoms with Crippen LogP contribution in [0.15, 0.2) is 140 Å². The Morgan fingerprint density at radius 3 is 2.02 bits per heavy atom. The third-order valence-corrected chi connectivity index (χ3v) is 10.5. The van der Waals surface area contributed by atoms with E-state index in [1.165, 1.54) is 28.8 Å². The van der Waals surface area contributed by atoms with Crippen molar-refractivity contribution in [1.82, 2.24) is 10.2 Å². The molecular formula is C45H48FN3O3. The zero-order valence-corrected chi connectivity index (χ0v) is 29.7. The fraction of sp³-hybridized carbons (Fsp3) is 0.311. The number of morpholine rings is 1. The van der Waals surface area contributed by atoms with E-state index in [-0.39, 0.29) is 23.7 Å². The lowest BCUT2D eigenvalue weighted by atomic mass is 9.75. The summed E-state index contributed by atoms with van der Waals surface area (Å²) < 4.78 is 25.6. The van der Waals surface area contributed by atoms with Gasteiger partial charge in [0.2, 0.25) is 0 Å². The van der Waals surface area contributed by atoms with Crippen LogP contribution >= 0.6 is 0 Å². The van der Waals surface area contributed by atoms with E-state index in [1.807, 2.05) is 29.2 Å². The van der Waals surface area contributed by atoms with E-state index in [9.17, 15) is 9.18 Å². The lowest BCUT2D eigenvalue weighted by Crippen LogP contribution is -2.51. The molecule has 1 heterocycles. The summed E-state index contributed by atoms with van der Waals surface area (Å²) in [5, 5.41) is 4.21. The standard InChI is InChI=1S/C45H48FN3O3/c46-40-24-22-36(23-25-40)44(50)49(42-20-11-21-43(33-42)52-31-28-48-26-29-51-30-27-48)34-35-12-10-19-41(32-35)47-45(37-13-4-1-5-14-37,38-15-6-2-7-16-38)39-17-8-3-9-18-39/h1-9,11,13-18,20-25,33,35,41,47H,10,12,19,26-32,34H2. The molecule has 0 spiro atoms. The number of anilines is 1. The Morgan fingerprint density at radius 2 is 1.40 bits per heavy atom. The van der Waals surface area contributed by atoms with Gasteiger partial charge in [0, 0.05) is 49.5 Å². The first-order chi connectivity index (χ1) is 25.6. The van der Waals surface area contributed by atoms with E-state index >= 15 is 0 Å². The maximum atomic E-state index is 14.3. The molecule has 5 aromatic rings. The third kappa shape index (κ3) is 8.45. The Balaban J connectivity index is 1.15. The molecule has 0 radical (unpaired) electrons. The molecule has 2 fully saturated rings. The van der Waals surface area contributed by atoms with Crippen LogP contribution in [0.5, 0.6) is 5.75 Å². The van der Waals surface area contributed by atoms with E-state index in [0.29, 0.717) is 18.7 Å². The molecule has 5 aromatic carbocycles. The van der Waals surface area contributed by atoms with Gasteiger partial charge in [-0.1, -0.05) is 103 Å². The van der Waals surface area contributed by atoms with Gasteiger partial charge in [-0.05, 0) is 78.3 Å². The van der Waals surface area contributed by atoms with Crippen LogP contribution in [0, 0.1) is 11.7 Å². The summed E-state index contributed by atoms with van der Waals surface area (Å²) >= 11 is 0. The highest BCUT2D eigenvalue weighted by Crippen LogP contribution is 2.39. The normalized spacial score (nSPS) is 18.1. The third-order valence-electron chi connectivity index (χ3n) is 10.5. The van der Waals surface area contributed by atoms with Crippen LogP contribution in [0.1, 0.15) is 52.7 Å². The van der Waals surface area contributed by atoms with Crippen molar-refractivity contribution in [3.05, 3.63) is 168 Å². The van der Waals surface area contributed by atoms with Crippen LogP contribution in [-0.4, -0.2) is 62.8 Å². The Labute approximate surface area is 307 Å². The number of ether oxygens (including phenoxy) is 2. The molecule has 1 saturated carbocycles. The van der Waals surface area contributed by atoms with Gasteiger partial charge in [-0.25, -0.2) is 4.39 Å². The van der Waals surface area contributed by atoms with Gasteiger partial charge in [0.25, 0.3) is 5.91 Å². The molecule has 268 valence electrons. The number of hydrogen-bond donors (Lipinski definition) is 1. The van der Waals surface area contributed by atoms with Crippen molar-refractivity contribution in [1.29, 1.82) is 0 Å². The summed E-state index contributed by atoms with van der Waals surface area (Å²) in [4.78, 5) is 18.5. The summed E-state index contributed by atoms with van der Waals surface area (Å²) in [6, 6.07) is 46.0. The Hall–Kier alpha value is -4.82. The molecule has 1 amide bonds. The maximum Gasteiger partial charge on any atom is 0.258 e. The molecule has 7 rings (SSSR count). The summed E-state index contributed by atoms with van der Waals surface area (Å²) in [6.45, 7) is 5.22. The molecule has 7 heteroatoms. The number of hydrogen-bond acceptors (Lipinski definition) is 5. The summed E-state index contributed by atoms with van der Waals surface area (Å²) in [5.74, 6) is 0.456. The van der Waals surface area contributed by atoms with Crippen molar-refractivity contribution in [2.75, 3.05) is 50.9 Å². The van der Waals surface area contributed by atoms with Gasteiger partial charge in [-0.3, -0.25) is 15.0 Å². The minimum absolute atomic E-state index is 0.146. The second-order valence-corrected chi connectivity index (χ2v) is 13.9. The predicted octanol–water partition coefficient (Wildman–Crippen LogP) is 8.32. The number of rotatable bonds is 13. The number of carbonyl (C=O) groups excluding carboxylic acids is 1. The van der Waals surface area contributed by atoms with Crippen molar-refractivity contribution in [3.8, 4) is 5.75 Å². The molecule has 0 bridgehead atoms. The summed E-state index contributed by atoms with van der Waals surface area (Å²) in [6.07, 6.45) is 3.98. The van der Waals surface area contributed by atoms with Gasteiger partial charge in [0.05, 0.1) is 18.8 Å². The highest BCUT2D eigenvalue weighted by atomic mass is 19.1. The average Bonchev–Trinajstić information content (AvgIpc) is 3.21. The highest BCUT2D eigenvalue weighted by Gasteiger charge is 2.39. The van der Waals surface area contributed by atoms with Crippen molar-refractivity contribution in [2.24, 2.45) is 5.92 Å². The van der Waals surface area contributed by atoms with Gasteiger partial charge < -0.3 is 14.4 Å². The van der Waals surface area contributed by atoms with Gasteiger partial charge >= 0.3 is 0 Å². The van der Waals surface area contributed by atoms with Crippen molar-refractivity contribution >= 4 is 11.6 Å². The van der Waals surface area contributed by atoms with Crippen LogP contribution < -0.4 is 15.0 Å². The predicted molar refractivity (Wildman–Crippen MR) is 205 cm³/mol. The van der Waals surface area contributed by atoms with Crippen molar-refractivity contribution in [3.63, 3.8) is 0 Å². The second kappa shape index (κ2) is 17.1. The quantitative estimate of drug-likeness (QED) is 0.126. The lowest BCUT2D eigenvalue weighted by Gasteiger charge is -2.43. The number of benzene rings is 5. The number of amides is 1. The average molecular weight is 698 g/mol. The molecular weight excluding hydrogens is 650 g/mol. The molecule has 1 saturated heterocycles. The molecule has 2 unspecified atom stereocenters. The van der Waals surface area contributed by atoms with E-state index in [2.05, 4.69) is 101 Å². The van der Waals surface area contributed by atoms with Crippen LogP contribution in [-0.2, 0) is 10.3 Å². The first kappa shape index (κ1) is 35.6. The molecule has 1 N–H and O–H groups in total. The zero-order valence-electron chi connectivity index (χ0n) is 29.7. The number of carbonyl (C=O) groups is 1. The molecule has 0 aromatic heterocycles. The Bertz CT molecular complexity index is 1750. The number of halogens is 1. The molecule has 6 nitrogen and oxygen atoms in total. The minimum atomic E-state index is -0.563. The highest BCUT2D eigenvalue weighted by molar-refractivity contribution is 6.06. The maximum absolute atomic E-state index is 14.3. The molecule has 1 aliphatic carbocycles. The SMILES string of the molecule is O=C(c1ccc(F)cc1)N(CC1CCCC(NC(c2ccccc2)(c2ccccc2)c2ccccc2)C1)c1cccc(OCCN2CCOCC2)c1. The summed E-state index contributed by atoms with van der Waals surface area (Å²) in [5.41, 5.74) is 4.24. The van der Waals surface area contributed by atoms with Crippen LogP contribution in [0.25, 0.3) is 0 Å². The van der Waals surface area contributed by atoms with Gasteiger partial charge in [0.1, 0.15) is 18.2 Å². The lowest BCUT2D eigenvalue weighted by molar-refractivity contribution is 0.0322. The topological polar surface area (TPSA) is 54.0 Å². The monoisotopic (exact) mass is 697 g/mol. The van der Waals surface area contributed by atoms with Crippen LogP contribution in [0.4, 0.5) is 10.1 Å². The van der Waals surface area contributed by atoms with Crippen molar-refractivity contribution in [2.45, 2.75) is 37.3 Å². The fourth-order valence-electron chi connectivity index (χ4n) is 7.88. The van der Waals surface area contributed by atoms with E-state index < -0.39 is 5.54 Å². The zero-order chi connectivity index (χ0) is 35.6. The van der Waals surface area contributed by atoms with E-state index in [1.54, 1.807) is 12.1 Å². The number of nitrogens with one attached hydrogen (secondary N) is 1.